The minimum absolute atomic E-state index is 0.0129. The average molecular weight is 351 g/mol. The Hall–Kier alpha value is -2.05. The number of carboxylic acid groups (broad SMARTS) is 3. The predicted octanol–water partition coefficient (Wildman–Crippen LogP) is -2.36. The lowest BCUT2D eigenvalue weighted by Gasteiger charge is -2.04. The van der Waals surface area contributed by atoms with E-state index in [0.29, 0.717) is 25.1 Å². The number of nitrogens with one attached hydrogen (secondary N) is 1. The number of aliphatic carboxylic acids is 3. The first-order valence-corrected chi connectivity index (χ1v) is 7.57. The van der Waals surface area contributed by atoms with Crippen LogP contribution in [0.2, 0.25) is 0 Å². The van der Waals surface area contributed by atoms with Crippen molar-refractivity contribution in [3.63, 3.8) is 0 Å². The summed E-state index contributed by atoms with van der Waals surface area (Å²) in [7, 11) is 0. The van der Waals surface area contributed by atoms with Gasteiger partial charge in [-0.15, -0.1) is 11.8 Å². The number of carbonyl (C=O) groups is 3. The fraction of sp³-hybridized carbons (Fsp3) is 0.636. The minimum Gasteiger partial charge on any atom is -0.480 e. The summed E-state index contributed by atoms with van der Waals surface area (Å²) < 4.78 is 0. The lowest BCUT2D eigenvalue weighted by atomic mass is 10.2. The quantitative estimate of drug-likeness (QED) is 0.146. The molecule has 1 saturated heterocycles. The van der Waals surface area contributed by atoms with Crippen molar-refractivity contribution in [2.45, 2.75) is 30.3 Å². The van der Waals surface area contributed by atoms with Gasteiger partial charge < -0.3 is 32.5 Å². The molecule has 0 amide bonds. The van der Waals surface area contributed by atoms with E-state index in [4.69, 9.17) is 32.5 Å². The summed E-state index contributed by atoms with van der Waals surface area (Å²) in [5.74, 6) is -2.69. The van der Waals surface area contributed by atoms with Crippen molar-refractivity contribution in [1.82, 2.24) is 5.32 Å². The monoisotopic (exact) mass is 351 g/mol. The van der Waals surface area contributed by atoms with E-state index in [1.165, 1.54) is 0 Å². The van der Waals surface area contributed by atoms with E-state index < -0.39 is 35.4 Å². The SMILES string of the molecule is NC(N)=NCCC[C@@H](N)C(=O)O.O=C(O)C1CSC(C(=O)O)N1. The number of aliphatic imine (C=N–C) groups is 1. The maximum absolute atomic E-state index is 10.3. The fourth-order valence-electron chi connectivity index (χ4n) is 1.40. The van der Waals surface area contributed by atoms with Gasteiger partial charge in [-0.2, -0.15) is 0 Å². The molecule has 0 aromatic rings. The maximum atomic E-state index is 10.3. The Bertz CT molecular complexity index is 436. The van der Waals surface area contributed by atoms with Gasteiger partial charge in [-0.05, 0) is 12.8 Å². The van der Waals surface area contributed by atoms with Crippen LogP contribution < -0.4 is 22.5 Å². The Morgan fingerprint density at radius 2 is 1.83 bits per heavy atom. The standard InChI is InChI=1S/C6H14N4O2.C5H7NO4S/c7-4(5(11)12)2-1-3-10-6(8)9;7-4(8)2-1-11-3(6-2)5(9)10/h4H,1-3,7H2,(H,11,12)(H4,8,9,10);2-3,6H,1H2,(H,7,8)(H,9,10)/t4-;/m1./s1. The van der Waals surface area contributed by atoms with Gasteiger partial charge in [0.25, 0.3) is 0 Å². The van der Waals surface area contributed by atoms with Gasteiger partial charge in [0.2, 0.25) is 0 Å². The van der Waals surface area contributed by atoms with E-state index >= 15 is 0 Å². The summed E-state index contributed by atoms with van der Waals surface area (Å²) in [4.78, 5) is 34.5. The third-order valence-corrected chi connectivity index (χ3v) is 3.79. The highest BCUT2D eigenvalue weighted by Gasteiger charge is 2.33. The van der Waals surface area contributed by atoms with Crippen LogP contribution in [-0.2, 0) is 14.4 Å². The second-order valence-electron chi connectivity index (χ2n) is 4.50. The number of hydrogen-bond donors (Lipinski definition) is 7. The van der Waals surface area contributed by atoms with Gasteiger partial charge in [0, 0.05) is 12.3 Å². The molecule has 0 saturated carbocycles. The molecule has 0 aromatic carbocycles. The van der Waals surface area contributed by atoms with Crippen LogP contribution in [0.15, 0.2) is 4.99 Å². The molecule has 0 radical (unpaired) electrons. The molecule has 1 aliphatic rings. The lowest BCUT2D eigenvalue weighted by molar-refractivity contribution is -0.140. The van der Waals surface area contributed by atoms with Crippen LogP contribution in [0.4, 0.5) is 0 Å². The zero-order chi connectivity index (χ0) is 18.0. The molecule has 1 fully saturated rings. The molecule has 11 nitrogen and oxygen atoms in total. The highest BCUT2D eigenvalue weighted by Crippen LogP contribution is 2.18. The average Bonchev–Trinajstić information content (AvgIpc) is 2.94. The van der Waals surface area contributed by atoms with E-state index in [9.17, 15) is 14.4 Å². The summed E-state index contributed by atoms with van der Waals surface area (Å²) >= 11 is 1.10. The molecule has 3 atom stereocenters. The van der Waals surface area contributed by atoms with Gasteiger partial charge in [-0.3, -0.25) is 19.9 Å². The normalized spacial score (nSPS) is 20.7. The molecule has 12 heteroatoms. The molecule has 23 heavy (non-hydrogen) atoms. The summed E-state index contributed by atoms with van der Waals surface area (Å²) in [5.41, 5.74) is 15.3. The number of guanidine groups is 1. The number of nitrogens with two attached hydrogens (primary N) is 3. The van der Waals surface area contributed by atoms with E-state index in [1.54, 1.807) is 0 Å². The molecule has 132 valence electrons. The van der Waals surface area contributed by atoms with Gasteiger partial charge in [0.1, 0.15) is 12.1 Å². The molecular formula is C11H21N5O6S. The van der Waals surface area contributed by atoms with Crippen molar-refractivity contribution >= 4 is 35.6 Å². The minimum atomic E-state index is -1.02. The number of rotatable bonds is 7. The number of nitrogens with zero attached hydrogens (tertiary/aromatic N) is 1. The van der Waals surface area contributed by atoms with Gasteiger partial charge in [-0.25, -0.2) is 4.79 Å². The van der Waals surface area contributed by atoms with E-state index in [-0.39, 0.29) is 5.96 Å². The van der Waals surface area contributed by atoms with Gasteiger partial charge >= 0.3 is 17.9 Å². The number of thioether (sulfide) groups is 1. The second kappa shape index (κ2) is 10.6. The van der Waals surface area contributed by atoms with Crippen molar-refractivity contribution in [2.75, 3.05) is 12.3 Å². The molecule has 10 N–H and O–H groups in total. The van der Waals surface area contributed by atoms with Gasteiger partial charge in [0.15, 0.2) is 11.3 Å². The fourth-order valence-corrected chi connectivity index (χ4v) is 2.43. The summed E-state index contributed by atoms with van der Waals surface area (Å²) in [6, 6.07) is -1.54. The number of hydrogen-bond acceptors (Lipinski definition) is 7. The molecular weight excluding hydrogens is 330 g/mol. The first-order chi connectivity index (χ1) is 10.6. The number of carboxylic acids is 3. The molecule has 1 heterocycles. The smallest absolute Gasteiger partial charge is 0.331 e. The summed E-state index contributed by atoms with van der Waals surface area (Å²) in [6.07, 6.45) is 0.956. The zero-order valence-corrected chi connectivity index (χ0v) is 13.0. The first-order valence-electron chi connectivity index (χ1n) is 6.52. The Balaban J connectivity index is 0.000000422. The Morgan fingerprint density at radius 1 is 1.22 bits per heavy atom. The Morgan fingerprint density at radius 3 is 2.17 bits per heavy atom. The van der Waals surface area contributed by atoms with Crippen LogP contribution in [0.25, 0.3) is 0 Å². The lowest BCUT2D eigenvalue weighted by Crippen LogP contribution is -2.39. The highest BCUT2D eigenvalue weighted by atomic mass is 32.2. The van der Waals surface area contributed by atoms with Crippen LogP contribution in [0.1, 0.15) is 12.8 Å². The van der Waals surface area contributed by atoms with Gasteiger partial charge in [-0.1, -0.05) is 0 Å². The summed E-state index contributed by atoms with van der Waals surface area (Å²) in [6.45, 7) is 0.420. The highest BCUT2D eigenvalue weighted by molar-refractivity contribution is 8.00. The largest absolute Gasteiger partial charge is 0.480 e. The van der Waals surface area contributed by atoms with Crippen LogP contribution in [0, 0.1) is 0 Å². The molecule has 1 aliphatic heterocycles. The summed E-state index contributed by atoms with van der Waals surface area (Å²) in [5, 5.41) is 26.9. The van der Waals surface area contributed by atoms with E-state index in [1.807, 2.05) is 0 Å². The van der Waals surface area contributed by atoms with Crippen LogP contribution in [0.5, 0.6) is 0 Å². The molecule has 0 spiro atoms. The van der Waals surface area contributed by atoms with Crippen molar-refractivity contribution in [3.8, 4) is 0 Å². The zero-order valence-electron chi connectivity index (χ0n) is 12.2. The molecule has 2 unspecified atom stereocenters. The van der Waals surface area contributed by atoms with E-state index in [0.717, 1.165) is 11.8 Å². The Kier molecular flexibility index (Phi) is 9.69. The van der Waals surface area contributed by atoms with E-state index in [2.05, 4.69) is 10.3 Å². The second-order valence-corrected chi connectivity index (χ2v) is 5.64. The molecule has 0 aliphatic carbocycles. The Labute approximate surface area is 136 Å². The predicted molar refractivity (Wildman–Crippen MR) is 84.0 cm³/mol. The van der Waals surface area contributed by atoms with Crippen LogP contribution >= 0.6 is 11.8 Å². The van der Waals surface area contributed by atoms with Crippen molar-refractivity contribution in [1.29, 1.82) is 0 Å². The first kappa shape index (κ1) is 20.9. The van der Waals surface area contributed by atoms with Crippen molar-refractivity contribution < 1.29 is 29.7 Å². The third-order valence-electron chi connectivity index (χ3n) is 2.59. The molecule has 1 rings (SSSR count). The molecule has 0 bridgehead atoms. The maximum Gasteiger partial charge on any atom is 0.331 e. The third kappa shape index (κ3) is 9.55. The molecule has 0 aromatic heterocycles. The van der Waals surface area contributed by atoms with Crippen LogP contribution in [-0.4, -0.2) is 68.9 Å². The van der Waals surface area contributed by atoms with Crippen LogP contribution in [0.3, 0.4) is 0 Å². The topological polar surface area (TPSA) is 214 Å². The van der Waals surface area contributed by atoms with Crippen molar-refractivity contribution in [2.24, 2.45) is 22.2 Å². The van der Waals surface area contributed by atoms with Gasteiger partial charge in [0.05, 0.1) is 0 Å². The van der Waals surface area contributed by atoms with Crippen molar-refractivity contribution in [3.05, 3.63) is 0 Å².